The molecule has 0 saturated carbocycles. The molecule has 9 heteroatoms. The summed E-state index contributed by atoms with van der Waals surface area (Å²) in [5.74, 6) is 0. The zero-order valence-electron chi connectivity index (χ0n) is 23.2. The van der Waals surface area contributed by atoms with Crippen LogP contribution in [0.4, 0.5) is 0 Å². The molecule has 1 aromatic rings. The Bertz CT molecular complexity index is 475. The van der Waals surface area contributed by atoms with E-state index in [-0.39, 0.29) is 73.1 Å². The van der Waals surface area contributed by atoms with Crippen LogP contribution >= 0.6 is 0 Å². The number of hydrogen-bond acceptors (Lipinski definition) is 1. The van der Waals surface area contributed by atoms with E-state index in [2.05, 4.69) is 91.7 Å². The standard InChI is InChI=1S/C8H7GeO.2C4H12Si2.2C3H9Si.Ge/c1-6-4-2-3-5-7(6)8(9)10;2*1-5(2)6(3)4;2*1-4(2)3;/h2-5H,1H3;2*1-4H3;2*1-3H3;. The number of carbonyl (C=O) groups is 1. The van der Waals surface area contributed by atoms with Gasteiger partial charge in [0.25, 0.3) is 0 Å². The number of rotatable bonds is 3. The molecule has 0 atom stereocenters. The Morgan fingerprint density at radius 1 is 0.613 bits per heavy atom. The zero-order chi connectivity index (χ0) is 25.0. The van der Waals surface area contributed by atoms with Gasteiger partial charge in [-0.1, -0.05) is 91.7 Å². The van der Waals surface area contributed by atoms with Crippen molar-refractivity contribution in [1.29, 1.82) is 0 Å². The Morgan fingerprint density at radius 3 is 0.968 bits per heavy atom. The second-order valence-electron chi connectivity index (χ2n) is 9.14. The van der Waals surface area contributed by atoms with Crippen LogP contribution in [0.2, 0.25) is 91.7 Å². The third kappa shape index (κ3) is 45.5. The Morgan fingerprint density at radius 2 is 0.839 bits per heavy atom. The molecule has 0 saturated heterocycles. The van der Waals surface area contributed by atoms with Crippen molar-refractivity contribution in [2.24, 2.45) is 0 Å². The van der Waals surface area contributed by atoms with Crippen LogP contribution in [0.5, 0.6) is 0 Å². The summed E-state index contributed by atoms with van der Waals surface area (Å²) in [6, 6.07) is 7.60. The van der Waals surface area contributed by atoms with Gasteiger partial charge in [-0.15, -0.1) is 0 Å². The van der Waals surface area contributed by atoms with Gasteiger partial charge in [0.2, 0.25) is 0 Å². The maximum atomic E-state index is 10.9. The van der Waals surface area contributed by atoms with Crippen LogP contribution in [0.15, 0.2) is 24.3 Å². The predicted molar refractivity (Wildman–Crippen MR) is 164 cm³/mol. The van der Waals surface area contributed by atoms with Gasteiger partial charge in [-0.05, 0) is 0 Å². The van der Waals surface area contributed by atoms with Gasteiger partial charge in [0, 0.05) is 68.4 Å². The molecule has 0 aliphatic rings. The molecular formula is C22H49Ge2OSi6. The molecule has 0 aliphatic carbocycles. The minimum Gasteiger partial charge on any atom is 0 e. The molecule has 0 N–H and O–H groups in total. The predicted octanol–water partition coefficient (Wildman–Crippen LogP) is 6.81. The van der Waals surface area contributed by atoms with Crippen molar-refractivity contribution in [2.45, 2.75) is 98.6 Å². The molecule has 0 fully saturated rings. The number of aryl methyl sites for hydroxylation is 1. The fourth-order valence-corrected chi connectivity index (χ4v) is 1.42. The SMILES string of the molecule is C[Si](C)C.C[Si](C)C.C[Si](C)[Si](C)C.C[Si](C)[Si](C)C.Cc1ccccc1[C](=O)[Ge].[Ge]. The molecule has 0 bridgehead atoms. The first-order valence-electron chi connectivity index (χ1n) is 10.5. The summed E-state index contributed by atoms with van der Waals surface area (Å²) in [7, 11) is 0.842. The summed E-state index contributed by atoms with van der Waals surface area (Å²) in [6.07, 6.45) is 0. The molecule has 0 aromatic heterocycles. The van der Waals surface area contributed by atoms with Crippen LogP contribution in [0.1, 0.15) is 15.9 Å². The van der Waals surface area contributed by atoms with Gasteiger partial charge < -0.3 is 0 Å². The first-order chi connectivity index (χ1) is 13.5. The summed E-state index contributed by atoms with van der Waals surface area (Å²) in [6.45, 7) is 34.7. The molecule has 0 amide bonds. The Kier molecular flexibility index (Phi) is 37.7. The van der Waals surface area contributed by atoms with Gasteiger partial charge in [-0.25, -0.2) is 0 Å². The molecule has 1 rings (SSSR count). The second-order valence-corrected chi connectivity index (χ2v) is 36.1. The molecule has 1 nitrogen and oxygen atoms in total. The number of carbonyl (C=O) groups excluding carboxylic acids is 1. The zero-order valence-corrected chi connectivity index (χ0v) is 33.4. The third-order valence-electron chi connectivity index (χ3n) is 3.39. The van der Waals surface area contributed by atoms with E-state index in [0.29, 0.717) is 0 Å². The number of benzene rings is 1. The monoisotopic (exact) mass is 645 g/mol. The van der Waals surface area contributed by atoms with Crippen molar-refractivity contribution in [1.82, 2.24) is 0 Å². The fourth-order valence-electron chi connectivity index (χ4n) is 0.828. The van der Waals surface area contributed by atoms with E-state index >= 15 is 0 Å². The van der Waals surface area contributed by atoms with E-state index in [1.165, 1.54) is 0 Å². The van der Waals surface area contributed by atoms with Gasteiger partial charge in [0.15, 0.2) is 0 Å². The minimum atomic E-state index is 0. The second kappa shape index (κ2) is 27.5. The van der Waals surface area contributed by atoms with Gasteiger partial charge in [-0.3, -0.25) is 0 Å². The van der Waals surface area contributed by atoms with Crippen molar-refractivity contribution < 1.29 is 4.79 Å². The first kappa shape index (κ1) is 42.4. The van der Waals surface area contributed by atoms with Crippen molar-refractivity contribution >= 4 is 89.6 Å². The Labute approximate surface area is 226 Å². The maximum absolute atomic E-state index is 10.9. The average molecular weight is 643 g/mol. The first-order valence-corrected chi connectivity index (χ1v) is 29.6. The molecule has 175 valence electrons. The summed E-state index contributed by atoms with van der Waals surface area (Å²) in [5, 5.41) is 0. The maximum Gasteiger partial charge on any atom is 0 e. The van der Waals surface area contributed by atoms with E-state index in [1.54, 1.807) is 16.5 Å². The largest absolute Gasteiger partial charge is 0 e. The van der Waals surface area contributed by atoms with Crippen LogP contribution in [-0.4, -0.2) is 89.6 Å². The summed E-state index contributed by atoms with van der Waals surface area (Å²) in [5.41, 5.74) is 1.87. The van der Waals surface area contributed by atoms with Gasteiger partial charge in [-0.2, -0.15) is 0 Å². The number of hydrogen-bond donors (Lipinski definition) is 0. The van der Waals surface area contributed by atoms with Crippen molar-refractivity contribution in [3.63, 3.8) is 0 Å². The van der Waals surface area contributed by atoms with Crippen LogP contribution < -0.4 is 0 Å². The third-order valence-corrected chi connectivity index (χ3v) is 20.0. The van der Waals surface area contributed by atoms with Gasteiger partial charge in [0.1, 0.15) is 0 Å². The summed E-state index contributed by atoms with van der Waals surface area (Å²) >= 11 is 1.59. The van der Waals surface area contributed by atoms with E-state index in [1.807, 2.05) is 31.2 Å². The van der Waals surface area contributed by atoms with Crippen LogP contribution in [-0.2, 0) is 0 Å². The van der Waals surface area contributed by atoms with Gasteiger partial charge >= 0.3 is 68.2 Å². The molecule has 1 aromatic carbocycles. The van der Waals surface area contributed by atoms with Crippen LogP contribution in [0.25, 0.3) is 0 Å². The molecule has 0 aliphatic heterocycles. The summed E-state index contributed by atoms with van der Waals surface area (Å²) < 4.78 is 0.137. The molecule has 13 radical (unpaired) electrons. The normalized spacial score (nSPS) is 9.61. The topological polar surface area (TPSA) is 17.1 Å². The molecule has 31 heavy (non-hydrogen) atoms. The Hall–Kier alpha value is 1.28. The molecule has 0 spiro atoms. The van der Waals surface area contributed by atoms with Gasteiger partial charge in [0.05, 0.1) is 0 Å². The van der Waals surface area contributed by atoms with Crippen molar-refractivity contribution in [3.05, 3.63) is 35.4 Å². The molecule has 0 unspecified atom stereocenters. The van der Waals surface area contributed by atoms with E-state index in [9.17, 15) is 4.79 Å². The minimum absolute atomic E-state index is 0. The Balaban J connectivity index is -0.0000000952. The fraction of sp³-hybridized carbons (Fsp3) is 0.682. The summed E-state index contributed by atoms with van der Waals surface area (Å²) in [4.78, 5) is 10.9. The van der Waals surface area contributed by atoms with Crippen molar-refractivity contribution in [3.8, 4) is 0 Å². The van der Waals surface area contributed by atoms with E-state index in [0.717, 1.165) is 11.1 Å². The smallest absolute Gasteiger partial charge is 0 e. The van der Waals surface area contributed by atoms with Crippen LogP contribution in [0.3, 0.4) is 0 Å². The van der Waals surface area contributed by atoms with E-state index < -0.39 is 0 Å². The van der Waals surface area contributed by atoms with Crippen LogP contribution in [0, 0.1) is 6.92 Å². The molecule has 0 heterocycles. The van der Waals surface area contributed by atoms with Crippen molar-refractivity contribution in [2.75, 3.05) is 0 Å². The quantitative estimate of drug-likeness (QED) is 0.331. The van der Waals surface area contributed by atoms with E-state index in [4.69, 9.17) is 0 Å². The molecular weight excluding hydrogens is 594 g/mol. The average Bonchev–Trinajstić information content (AvgIpc) is 2.54.